The lowest BCUT2D eigenvalue weighted by Crippen LogP contribution is -2.29. The smallest absolute Gasteiger partial charge is 0.407 e. The number of nitrogens with one attached hydrogen (secondary N) is 2. The number of aryl methyl sites for hydroxylation is 1. The minimum Gasteiger partial charge on any atom is -0.450 e. The van der Waals surface area contributed by atoms with Gasteiger partial charge in [-0.3, -0.25) is 0 Å². The van der Waals surface area contributed by atoms with E-state index in [9.17, 15) is 4.79 Å². The molecule has 0 aromatic carbocycles. The van der Waals surface area contributed by atoms with Gasteiger partial charge in [0.1, 0.15) is 0 Å². The highest BCUT2D eigenvalue weighted by Gasteiger charge is 2.05. The van der Waals surface area contributed by atoms with Crippen molar-refractivity contribution in [3.63, 3.8) is 0 Å². The second-order valence-corrected chi connectivity index (χ2v) is 4.59. The molecule has 0 bridgehead atoms. The number of hydrogen-bond acceptors (Lipinski definition) is 3. The molecule has 0 fully saturated rings. The van der Waals surface area contributed by atoms with Crippen LogP contribution in [0.5, 0.6) is 0 Å². The van der Waals surface area contributed by atoms with E-state index in [0.29, 0.717) is 19.1 Å². The van der Waals surface area contributed by atoms with Crippen LogP contribution in [-0.2, 0) is 11.2 Å². The number of rotatable bonds is 8. The van der Waals surface area contributed by atoms with E-state index in [0.717, 1.165) is 31.4 Å². The highest BCUT2D eigenvalue weighted by atomic mass is 16.5. The highest BCUT2D eigenvalue weighted by molar-refractivity contribution is 5.67. The van der Waals surface area contributed by atoms with Crippen LogP contribution in [0.15, 0.2) is 12.5 Å². The van der Waals surface area contributed by atoms with E-state index in [1.165, 1.54) is 0 Å². The van der Waals surface area contributed by atoms with Crippen molar-refractivity contribution in [1.82, 2.24) is 15.3 Å². The van der Waals surface area contributed by atoms with Gasteiger partial charge in [-0.2, -0.15) is 0 Å². The van der Waals surface area contributed by atoms with Gasteiger partial charge in [-0.05, 0) is 25.2 Å². The number of ether oxygens (including phenoxy) is 1. The fourth-order valence-electron chi connectivity index (χ4n) is 1.75. The standard InChI is InChI=1S/C13H23N3O2/c1-3-5-11(2)8-15-13(17)18-7-4-6-12-9-14-10-16-12/h9-11H,3-8H2,1-2H3,(H,14,16)(H,15,17). The van der Waals surface area contributed by atoms with Crippen LogP contribution in [0.25, 0.3) is 0 Å². The third kappa shape index (κ3) is 6.27. The second-order valence-electron chi connectivity index (χ2n) is 4.59. The van der Waals surface area contributed by atoms with Crippen LogP contribution in [0, 0.1) is 5.92 Å². The number of carbonyl (C=O) groups is 1. The van der Waals surface area contributed by atoms with Crippen molar-refractivity contribution in [1.29, 1.82) is 0 Å². The Morgan fingerprint density at radius 3 is 3.11 bits per heavy atom. The summed E-state index contributed by atoms with van der Waals surface area (Å²) in [6.45, 7) is 5.40. The number of amides is 1. The van der Waals surface area contributed by atoms with Crippen LogP contribution >= 0.6 is 0 Å². The Kier molecular flexibility index (Phi) is 6.91. The minimum absolute atomic E-state index is 0.317. The molecule has 1 rings (SSSR count). The van der Waals surface area contributed by atoms with Crippen molar-refractivity contribution in [3.05, 3.63) is 18.2 Å². The molecule has 0 spiro atoms. The second kappa shape index (κ2) is 8.55. The topological polar surface area (TPSA) is 67.0 Å². The average molecular weight is 253 g/mol. The van der Waals surface area contributed by atoms with Gasteiger partial charge in [-0.1, -0.05) is 20.3 Å². The summed E-state index contributed by atoms with van der Waals surface area (Å²) >= 11 is 0. The van der Waals surface area contributed by atoms with Crippen molar-refractivity contribution in [2.24, 2.45) is 5.92 Å². The molecule has 1 unspecified atom stereocenters. The number of carbonyl (C=O) groups excluding carboxylic acids is 1. The summed E-state index contributed by atoms with van der Waals surface area (Å²) in [6, 6.07) is 0. The summed E-state index contributed by atoms with van der Waals surface area (Å²) in [5.74, 6) is 0.507. The van der Waals surface area contributed by atoms with Gasteiger partial charge in [0.25, 0.3) is 0 Å². The molecule has 0 aliphatic heterocycles. The molecule has 1 aromatic rings. The monoisotopic (exact) mass is 253 g/mol. The first-order chi connectivity index (χ1) is 8.72. The van der Waals surface area contributed by atoms with Crippen LogP contribution in [0.1, 0.15) is 38.8 Å². The number of imidazole rings is 1. The Hall–Kier alpha value is -1.52. The predicted molar refractivity (Wildman–Crippen MR) is 70.3 cm³/mol. The first-order valence-electron chi connectivity index (χ1n) is 6.60. The lowest BCUT2D eigenvalue weighted by atomic mass is 10.1. The Morgan fingerprint density at radius 1 is 1.61 bits per heavy atom. The molecule has 5 heteroatoms. The van der Waals surface area contributed by atoms with Crippen LogP contribution in [0.4, 0.5) is 4.79 Å². The van der Waals surface area contributed by atoms with E-state index in [4.69, 9.17) is 4.74 Å². The van der Waals surface area contributed by atoms with Crippen LogP contribution < -0.4 is 5.32 Å². The van der Waals surface area contributed by atoms with E-state index in [2.05, 4.69) is 29.1 Å². The lowest BCUT2D eigenvalue weighted by Gasteiger charge is -2.11. The zero-order chi connectivity index (χ0) is 13.2. The van der Waals surface area contributed by atoms with Gasteiger partial charge in [0.2, 0.25) is 0 Å². The zero-order valence-corrected chi connectivity index (χ0v) is 11.2. The van der Waals surface area contributed by atoms with Crippen molar-refractivity contribution in [2.75, 3.05) is 13.2 Å². The zero-order valence-electron chi connectivity index (χ0n) is 11.2. The van der Waals surface area contributed by atoms with Crippen molar-refractivity contribution < 1.29 is 9.53 Å². The first-order valence-corrected chi connectivity index (χ1v) is 6.60. The summed E-state index contributed by atoms with van der Waals surface area (Å²) in [5, 5.41) is 2.78. The SMILES string of the molecule is CCCC(C)CNC(=O)OCCCc1cnc[nH]1. The summed E-state index contributed by atoms with van der Waals surface area (Å²) in [4.78, 5) is 18.3. The van der Waals surface area contributed by atoms with Gasteiger partial charge in [0, 0.05) is 18.4 Å². The van der Waals surface area contributed by atoms with Crippen LogP contribution in [0.3, 0.4) is 0 Å². The van der Waals surface area contributed by atoms with Gasteiger partial charge in [-0.15, -0.1) is 0 Å². The fraction of sp³-hybridized carbons (Fsp3) is 0.692. The number of H-pyrrole nitrogens is 1. The quantitative estimate of drug-likeness (QED) is 0.699. The Balaban J connectivity index is 1.99. The van der Waals surface area contributed by atoms with Crippen molar-refractivity contribution in [3.8, 4) is 0 Å². The fourth-order valence-corrected chi connectivity index (χ4v) is 1.75. The molecule has 0 radical (unpaired) electrons. The van der Waals surface area contributed by atoms with E-state index >= 15 is 0 Å². The average Bonchev–Trinajstić information content (AvgIpc) is 2.85. The van der Waals surface area contributed by atoms with Crippen LogP contribution in [0.2, 0.25) is 0 Å². The Morgan fingerprint density at radius 2 is 2.44 bits per heavy atom. The molecular formula is C13H23N3O2. The van der Waals surface area contributed by atoms with E-state index < -0.39 is 0 Å². The molecule has 0 aliphatic rings. The molecule has 1 aromatic heterocycles. The van der Waals surface area contributed by atoms with Gasteiger partial charge in [-0.25, -0.2) is 9.78 Å². The third-order valence-electron chi connectivity index (χ3n) is 2.75. The summed E-state index contributed by atoms with van der Waals surface area (Å²) in [6.07, 6.45) is 7.04. The Labute approximate surface area is 108 Å². The van der Waals surface area contributed by atoms with Gasteiger partial charge >= 0.3 is 6.09 Å². The number of nitrogens with zero attached hydrogens (tertiary/aromatic N) is 1. The molecule has 102 valence electrons. The number of hydrogen-bond donors (Lipinski definition) is 2. The van der Waals surface area contributed by atoms with E-state index in [-0.39, 0.29) is 6.09 Å². The number of alkyl carbamates (subject to hydrolysis) is 1. The van der Waals surface area contributed by atoms with Gasteiger partial charge in [0.05, 0.1) is 12.9 Å². The first kappa shape index (κ1) is 14.5. The summed E-state index contributed by atoms with van der Waals surface area (Å²) in [5.41, 5.74) is 1.07. The number of aromatic amines is 1. The molecule has 0 saturated heterocycles. The van der Waals surface area contributed by atoms with Crippen molar-refractivity contribution in [2.45, 2.75) is 39.5 Å². The maximum absolute atomic E-state index is 11.4. The summed E-state index contributed by atoms with van der Waals surface area (Å²) in [7, 11) is 0. The maximum atomic E-state index is 11.4. The molecule has 1 heterocycles. The largest absolute Gasteiger partial charge is 0.450 e. The van der Waals surface area contributed by atoms with Gasteiger partial charge in [0.15, 0.2) is 0 Å². The molecule has 1 amide bonds. The molecule has 5 nitrogen and oxygen atoms in total. The molecule has 18 heavy (non-hydrogen) atoms. The molecule has 0 aliphatic carbocycles. The number of aromatic nitrogens is 2. The normalized spacial score (nSPS) is 12.1. The lowest BCUT2D eigenvalue weighted by molar-refractivity contribution is 0.143. The Bertz CT molecular complexity index is 325. The van der Waals surface area contributed by atoms with E-state index in [1.54, 1.807) is 12.5 Å². The molecule has 2 N–H and O–H groups in total. The molecular weight excluding hydrogens is 230 g/mol. The van der Waals surface area contributed by atoms with E-state index in [1.807, 2.05) is 0 Å². The maximum Gasteiger partial charge on any atom is 0.407 e. The third-order valence-corrected chi connectivity index (χ3v) is 2.75. The van der Waals surface area contributed by atoms with Gasteiger partial charge < -0.3 is 15.0 Å². The highest BCUT2D eigenvalue weighted by Crippen LogP contribution is 2.03. The molecule has 0 saturated carbocycles. The minimum atomic E-state index is -0.317. The van der Waals surface area contributed by atoms with Crippen molar-refractivity contribution >= 4 is 6.09 Å². The summed E-state index contributed by atoms with van der Waals surface area (Å²) < 4.78 is 5.08. The van der Waals surface area contributed by atoms with Crippen LogP contribution in [-0.4, -0.2) is 29.2 Å². The molecule has 1 atom stereocenters. The predicted octanol–water partition coefficient (Wildman–Crippen LogP) is 2.50.